The van der Waals surface area contributed by atoms with E-state index in [1.54, 1.807) is 18.2 Å². The van der Waals surface area contributed by atoms with Crippen molar-refractivity contribution in [1.82, 2.24) is 5.32 Å². The van der Waals surface area contributed by atoms with Gasteiger partial charge in [0.15, 0.2) is 11.5 Å². The summed E-state index contributed by atoms with van der Waals surface area (Å²) in [5.41, 5.74) is 0.498. The Hall–Kier alpha value is -2.24. The van der Waals surface area contributed by atoms with E-state index in [-0.39, 0.29) is 6.79 Å². The molecule has 1 aliphatic rings. The third-order valence-electron chi connectivity index (χ3n) is 2.84. The average molecular weight is 278 g/mol. The second-order valence-corrected chi connectivity index (χ2v) is 4.96. The zero-order valence-corrected chi connectivity index (χ0v) is 11.6. The highest BCUT2D eigenvalue weighted by atomic mass is 16.7. The highest BCUT2D eigenvalue weighted by Crippen LogP contribution is 2.34. The first-order valence-corrected chi connectivity index (χ1v) is 6.55. The van der Waals surface area contributed by atoms with E-state index in [1.807, 2.05) is 0 Å². The molecule has 20 heavy (non-hydrogen) atoms. The number of hydrogen-bond acceptors (Lipinski definition) is 4. The number of rotatable bonds is 4. The predicted molar refractivity (Wildman–Crippen MR) is 73.7 cm³/mol. The molecule has 0 bridgehead atoms. The summed E-state index contributed by atoms with van der Waals surface area (Å²) in [6.07, 6.45) is 0.836. The summed E-state index contributed by atoms with van der Waals surface area (Å²) < 4.78 is 10.4. The topological polar surface area (TPSA) is 76.7 Å². The summed E-state index contributed by atoms with van der Waals surface area (Å²) in [5, 5.41) is 5.10. The quantitative estimate of drug-likeness (QED) is 0.819. The van der Waals surface area contributed by atoms with Crippen molar-refractivity contribution in [2.45, 2.75) is 20.3 Å². The van der Waals surface area contributed by atoms with Crippen molar-refractivity contribution >= 4 is 17.5 Å². The molecule has 0 atom stereocenters. The lowest BCUT2D eigenvalue weighted by Gasteiger charge is -2.08. The van der Waals surface area contributed by atoms with Crippen LogP contribution < -0.4 is 20.1 Å². The predicted octanol–water partition coefficient (Wildman–Crippen LogP) is 1.52. The van der Waals surface area contributed by atoms with Gasteiger partial charge >= 0.3 is 11.8 Å². The summed E-state index contributed by atoms with van der Waals surface area (Å²) >= 11 is 0. The molecule has 6 heteroatoms. The number of fused-ring (bicyclic) bond motifs is 1. The standard InChI is InChI=1S/C14H18N2O4/c1-9(2)5-6-15-13(17)14(18)16-10-3-4-11-12(7-10)20-8-19-11/h3-4,7,9H,5-6,8H2,1-2H3,(H,15,17)(H,16,18). The number of benzene rings is 1. The molecule has 108 valence electrons. The molecule has 1 aromatic carbocycles. The summed E-state index contributed by atoms with van der Waals surface area (Å²) in [6.45, 7) is 4.77. The van der Waals surface area contributed by atoms with Crippen molar-refractivity contribution in [2.24, 2.45) is 5.92 Å². The number of anilines is 1. The maximum Gasteiger partial charge on any atom is 0.313 e. The molecule has 6 nitrogen and oxygen atoms in total. The molecule has 2 rings (SSSR count). The summed E-state index contributed by atoms with van der Waals surface area (Å²) in [6, 6.07) is 4.98. The second-order valence-electron chi connectivity index (χ2n) is 4.96. The van der Waals surface area contributed by atoms with Gasteiger partial charge in [0.05, 0.1) is 0 Å². The Kier molecular flexibility index (Phi) is 4.45. The van der Waals surface area contributed by atoms with Crippen LogP contribution in [-0.4, -0.2) is 25.2 Å². The van der Waals surface area contributed by atoms with Crippen molar-refractivity contribution in [2.75, 3.05) is 18.7 Å². The number of carbonyl (C=O) groups excluding carboxylic acids is 2. The minimum atomic E-state index is -0.687. The monoisotopic (exact) mass is 278 g/mol. The Balaban J connectivity index is 1.86. The Morgan fingerprint density at radius 1 is 1.20 bits per heavy atom. The Labute approximate surface area is 117 Å². The minimum Gasteiger partial charge on any atom is -0.454 e. The van der Waals surface area contributed by atoms with Gasteiger partial charge in [0, 0.05) is 18.3 Å². The molecule has 2 N–H and O–H groups in total. The largest absolute Gasteiger partial charge is 0.454 e. The number of hydrogen-bond donors (Lipinski definition) is 2. The van der Waals surface area contributed by atoms with Crippen LogP contribution in [0.3, 0.4) is 0 Å². The van der Waals surface area contributed by atoms with Crippen LogP contribution in [0.1, 0.15) is 20.3 Å². The lowest BCUT2D eigenvalue weighted by molar-refractivity contribution is -0.136. The zero-order valence-electron chi connectivity index (χ0n) is 11.6. The van der Waals surface area contributed by atoms with E-state index >= 15 is 0 Å². The van der Waals surface area contributed by atoms with Crippen molar-refractivity contribution in [3.8, 4) is 11.5 Å². The van der Waals surface area contributed by atoms with E-state index < -0.39 is 11.8 Å². The highest BCUT2D eigenvalue weighted by Gasteiger charge is 2.17. The Bertz CT molecular complexity index is 514. The molecule has 0 unspecified atom stereocenters. The molecule has 0 saturated carbocycles. The number of nitrogens with one attached hydrogen (secondary N) is 2. The van der Waals surface area contributed by atoms with Crippen molar-refractivity contribution in [3.63, 3.8) is 0 Å². The van der Waals surface area contributed by atoms with Gasteiger partial charge in [-0.1, -0.05) is 13.8 Å². The van der Waals surface area contributed by atoms with Crippen LogP contribution >= 0.6 is 0 Å². The van der Waals surface area contributed by atoms with Gasteiger partial charge < -0.3 is 20.1 Å². The highest BCUT2D eigenvalue weighted by molar-refractivity contribution is 6.39. The first-order chi connectivity index (χ1) is 9.56. The molecule has 0 aromatic heterocycles. The van der Waals surface area contributed by atoms with Gasteiger partial charge in [-0.05, 0) is 24.5 Å². The minimum absolute atomic E-state index is 0.169. The van der Waals surface area contributed by atoms with Gasteiger partial charge in [-0.3, -0.25) is 9.59 Å². The van der Waals surface area contributed by atoms with Crippen LogP contribution in [0.15, 0.2) is 18.2 Å². The third-order valence-corrected chi connectivity index (χ3v) is 2.84. The molecule has 0 spiro atoms. The molecule has 2 amide bonds. The molecule has 0 saturated heterocycles. The lowest BCUT2D eigenvalue weighted by Crippen LogP contribution is -2.36. The van der Waals surface area contributed by atoms with E-state index in [1.165, 1.54) is 0 Å². The third kappa shape index (κ3) is 3.63. The fourth-order valence-corrected chi connectivity index (χ4v) is 1.72. The van der Waals surface area contributed by atoms with E-state index in [0.29, 0.717) is 29.6 Å². The summed E-state index contributed by atoms with van der Waals surface area (Å²) in [7, 11) is 0. The van der Waals surface area contributed by atoms with E-state index in [9.17, 15) is 9.59 Å². The fourth-order valence-electron chi connectivity index (χ4n) is 1.72. The van der Waals surface area contributed by atoms with Crippen molar-refractivity contribution in [1.29, 1.82) is 0 Å². The van der Waals surface area contributed by atoms with Crippen LogP contribution in [0.5, 0.6) is 11.5 Å². The lowest BCUT2D eigenvalue weighted by atomic mass is 10.1. The second kappa shape index (κ2) is 6.27. The zero-order chi connectivity index (χ0) is 14.5. The first kappa shape index (κ1) is 14.2. The summed E-state index contributed by atoms with van der Waals surface area (Å²) in [4.78, 5) is 23.3. The van der Waals surface area contributed by atoms with Crippen molar-refractivity contribution in [3.05, 3.63) is 18.2 Å². The van der Waals surface area contributed by atoms with E-state index in [2.05, 4.69) is 24.5 Å². The van der Waals surface area contributed by atoms with Gasteiger partial charge in [-0.25, -0.2) is 0 Å². The van der Waals surface area contributed by atoms with Gasteiger partial charge in [-0.2, -0.15) is 0 Å². The van der Waals surface area contributed by atoms with Crippen LogP contribution in [0.25, 0.3) is 0 Å². The molecular formula is C14H18N2O4. The molecule has 1 aliphatic heterocycles. The van der Waals surface area contributed by atoms with Gasteiger partial charge in [-0.15, -0.1) is 0 Å². The van der Waals surface area contributed by atoms with Crippen LogP contribution in [0.4, 0.5) is 5.69 Å². The molecule has 1 heterocycles. The van der Waals surface area contributed by atoms with Crippen LogP contribution in [0.2, 0.25) is 0 Å². The molecule has 0 radical (unpaired) electrons. The number of carbonyl (C=O) groups is 2. The average Bonchev–Trinajstić information content (AvgIpc) is 2.85. The van der Waals surface area contributed by atoms with E-state index in [0.717, 1.165) is 6.42 Å². The van der Waals surface area contributed by atoms with E-state index in [4.69, 9.17) is 9.47 Å². The Morgan fingerprint density at radius 3 is 2.70 bits per heavy atom. The van der Waals surface area contributed by atoms with Crippen molar-refractivity contribution < 1.29 is 19.1 Å². The van der Waals surface area contributed by atoms with Crippen LogP contribution in [0, 0.1) is 5.92 Å². The maximum atomic E-state index is 11.7. The molecule has 1 aromatic rings. The summed E-state index contributed by atoms with van der Waals surface area (Å²) in [5.74, 6) is 0.343. The molecule has 0 fully saturated rings. The smallest absolute Gasteiger partial charge is 0.313 e. The molecule has 0 aliphatic carbocycles. The first-order valence-electron chi connectivity index (χ1n) is 6.55. The van der Waals surface area contributed by atoms with Crippen LogP contribution in [-0.2, 0) is 9.59 Å². The SMILES string of the molecule is CC(C)CCNC(=O)C(=O)Nc1ccc2c(c1)OCO2. The Morgan fingerprint density at radius 2 is 1.95 bits per heavy atom. The number of amides is 2. The molecular weight excluding hydrogens is 260 g/mol. The van der Waals surface area contributed by atoms with Gasteiger partial charge in [0.2, 0.25) is 6.79 Å². The number of ether oxygens (including phenoxy) is 2. The fraction of sp³-hybridized carbons (Fsp3) is 0.429. The van der Waals surface area contributed by atoms with Gasteiger partial charge in [0.1, 0.15) is 0 Å². The van der Waals surface area contributed by atoms with Gasteiger partial charge in [0.25, 0.3) is 0 Å². The maximum absolute atomic E-state index is 11.7. The normalized spacial score (nSPS) is 12.3.